The van der Waals surface area contributed by atoms with E-state index in [0.717, 1.165) is 11.1 Å². The maximum atomic E-state index is 11.2. The largest absolute Gasteiger partial charge is 0.508 e. The normalized spacial score (nSPS) is 11.2. The van der Waals surface area contributed by atoms with E-state index in [0.29, 0.717) is 0 Å². The summed E-state index contributed by atoms with van der Waals surface area (Å²) in [5.41, 5.74) is 0.861. The SMILES string of the molecule is CC(CC(=O)O)(c1ccc(O)cc1)c1ccc(O)cc1. The number of carbonyl (C=O) groups is 1. The predicted molar refractivity (Wildman–Crippen MR) is 74.9 cm³/mol. The van der Waals surface area contributed by atoms with Crippen LogP contribution in [0, 0.1) is 0 Å². The fraction of sp³-hybridized carbons (Fsp3) is 0.188. The molecule has 2 aromatic carbocycles. The minimum Gasteiger partial charge on any atom is -0.508 e. The zero-order valence-corrected chi connectivity index (χ0v) is 11.1. The molecule has 2 rings (SSSR count). The zero-order valence-electron chi connectivity index (χ0n) is 11.1. The van der Waals surface area contributed by atoms with E-state index >= 15 is 0 Å². The third-order valence-electron chi connectivity index (χ3n) is 3.51. The van der Waals surface area contributed by atoms with E-state index < -0.39 is 11.4 Å². The first-order chi connectivity index (χ1) is 9.41. The first kappa shape index (κ1) is 13.9. The molecule has 0 unspecified atom stereocenters. The monoisotopic (exact) mass is 272 g/mol. The van der Waals surface area contributed by atoms with Crippen molar-refractivity contribution in [1.82, 2.24) is 0 Å². The first-order valence-corrected chi connectivity index (χ1v) is 6.22. The average Bonchev–Trinajstić information content (AvgIpc) is 2.39. The topological polar surface area (TPSA) is 77.8 Å². The van der Waals surface area contributed by atoms with E-state index in [1.54, 1.807) is 24.3 Å². The van der Waals surface area contributed by atoms with Crippen LogP contribution in [-0.2, 0) is 10.2 Å². The van der Waals surface area contributed by atoms with Gasteiger partial charge in [0.2, 0.25) is 0 Å². The fourth-order valence-electron chi connectivity index (χ4n) is 2.33. The quantitative estimate of drug-likeness (QED) is 0.799. The highest BCUT2D eigenvalue weighted by Crippen LogP contribution is 2.36. The highest BCUT2D eigenvalue weighted by atomic mass is 16.4. The molecule has 0 amide bonds. The van der Waals surface area contributed by atoms with Crippen LogP contribution in [0.3, 0.4) is 0 Å². The van der Waals surface area contributed by atoms with Crippen molar-refractivity contribution in [3.63, 3.8) is 0 Å². The van der Waals surface area contributed by atoms with Crippen molar-refractivity contribution >= 4 is 5.97 Å². The number of benzene rings is 2. The molecule has 0 aliphatic carbocycles. The maximum absolute atomic E-state index is 11.2. The molecule has 0 bridgehead atoms. The second-order valence-electron chi connectivity index (χ2n) is 5.00. The van der Waals surface area contributed by atoms with Gasteiger partial charge in [0.25, 0.3) is 0 Å². The summed E-state index contributed by atoms with van der Waals surface area (Å²) in [4.78, 5) is 11.2. The molecule has 104 valence electrons. The summed E-state index contributed by atoms with van der Waals surface area (Å²) in [6.45, 7) is 1.83. The van der Waals surface area contributed by atoms with Gasteiger partial charge in [0.1, 0.15) is 11.5 Å². The van der Waals surface area contributed by atoms with Gasteiger partial charge >= 0.3 is 5.97 Å². The van der Waals surface area contributed by atoms with Gasteiger partial charge in [0.15, 0.2) is 0 Å². The second-order valence-corrected chi connectivity index (χ2v) is 5.00. The summed E-state index contributed by atoms with van der Waals surface area (Å²) in [7, 11) is 0. The van der Waals surface area contributed by atoms with Crippen LogP contribution in [0.25, 0.3) is 0 Å². The van der Waals surface area contributed by atoms with Crippen molar-refractivity contribution < 1.29 is 20.1 Å². The van der Waals surface area contributed by atoms with E-state index in [4.69, 9.17) is 0 Å². The van der Waals surface area contributed by atoms with Gasteiger partial charge in [-0.2, -0.15) is 0 Å². The van der Waals surface area contributed by atoms with Crippen LogP contribution in [0.15, 0.2) is 48.5 Å². The van der Waals surface area contributed by atoms with Gasteiger partial charge in [-0.15, -0.1) is 0 Å². The molecule has 2 aromatic rings. The van der Waals surface area contributed by atoms with Crippen molar-refractivity contribution in [2.75, 3.05) is 0 Å². The van der Waals surface area contributed by atoms with Crippen LogP contribution < -0.4 is 0 Å². The Kier molecular flexibility index (Phi) is 3.66. The van der Waals surface area contributed by atoms with Gasteiger partial charge in [-0.05, 0) is 35.4 Å². The molecule has 0 saturated heterocycles. The summed E-state index contributed by atoms with van der Waals surface area (Å²) in [5, 5.41) is 27.9. The Morgan fingerprint density at radius 3 is 1.55 bits per heavy atom. The van der Waals surface area contributed by atoms with Crippen LogP contribution >= 0.6 is 0 Å². The van der Waals surface area contributed by atoms with E-state index in [9.17, 15) is 20.1 Å². The molecule has 0 radical (unpaired) electrons. The summed E-state index contributed by atoms with van der Waals surface area (Å²) in [6, 6.07) is 13.0. The number of hydrogen-bond acceptors (Lipinski definition) is 3. The standard InChI is InChI=1S/C16H16O4/c1-16(10-15(19)20,11-2-6-13(17)7-3-11)12-4-8-14(18)9-5-12/h2-9,17-18H,10H2,1H3,(H,19,20). The van der Waals surface area contributed by atoms with Gasteiger partial charge in [-0.25, -0.2) is 0 Å². The number of hydrogen-bond donors (Lipinski definition) is 3. The van der Waals surface area contributed by atoms with Gasteiger partial charge < -0.3 is 15.3 Å². The Morgan fingerprint density at radius 1 is 0.900 bits per heavy atom. The third kappa shape index (κ3) is 2.74. The molecule has 4 heteroatoms. The minimum atomic E-state index is -0.909. The van der Waals surface area contributed by atoms with E-state index in [1.807, 2.05) is 6.92 Å². The number of phenolic OH excluding ortho intramolecular Hbond substituents is 2. The number of carboxylic acid groups (broad SMARTS) is 1. The van der Waals surface area contributed by atoms with Crippen LogP contribution in [0.2, 0.25) is 0 Å². The Bertz CT molecular complexity index is 554. The molecule has 0 atom stereocenters. The average molecular weight is 272 g/mol. The zero-order chi connectivity index (χ0) is 14.8. The van der Waals surface area contributed by atoms with Gasteiger partial charge in [0.05, 0.1) is 6.42 Å². The highest BCUT2D eigenvalue weighted by Gasteiger charge is 2.31. The number of phenols is 2. The Balaban J connectivity index is 2.52. The molecule has 0 aromatic heterocycles. The summed E-state index contributed by atoms with van der Waals surface area (Å²) >= 11 is 0. The van der Waals surface area contributed by atoms with Gasteiger partial charge in [-0.1, -0.05) is 31.2 Å². The van der Waals surface area contributed by atoms with Crippen molar-refractivity contribution in [2.45, 2.75) is 18.8 Å². The molecule has 20 heavy (non-hydrogen) atoms. The molecular formula is C16H16O4. The molecule has 3 N–H and O–H groups in total. The number of rotatable bonds is 4. The van der Waals surface area contributed by atoms with Crippen molar-refractivity contribution in [3.05, 3.63) is 59.7 Å². The maximum Gasteiger partial charge on any atom is 0.304 e. The highest BCUT2D eigenvalue weighted by molar-refractivity contribution is 5.70. The van der Waals surface area contributed by atoms with E-state index in [2.05, 4.69) is 0 Å². The van der Waals surface area contributed by atoms with Crippen LogP contribution in [0.5, 0.6) is 11.5 Å². The first-order valence-electron chi connectivity index (χ1n) is 6.22. The number of aromatic hydroxyl groups is 2. The third-order valence-corrected chi connectivity index (χ3v) is 3.51. The Morgan fingerprint density at radius 2 is 1.25 bits per heavy atom. The van der Waals surface area contributed by atoms with Crippen LogP contribution in [-0.4, -0.2) is 21.3 Å². The molecule has 0 spiro atoms. The molecule has 0 saturated carbocycles. The van der Waals surface area contributed by atoms with Crippen LogP contribution in [0.1, 0.15) is 24.5 Å². The number of aliphatic carboxylic acids is 1. The molecule has 0 fully saturated rings. The van der Waals surface area contributed by atoms with Gasteiger partial charge in [-0.3, -0.25) is 4.79 Å². The molecule has 0 aliphatic heterocycles. The lowest BCUT2D eigenvalue weighted by Crippen LogP contribution is -2.27. The molecule has 4 nitrogen and oxygen atoms in total. The fourth-order valence-corrected chi connectivity index (χ4v) is 2.33. The molecular weight excluding hydrogens is 256 g/mol. The lowest BCUT2D eigenvalue weighted by molar-refractivity contribution is -0.138. The van der Waals surface area contributed by atoms with Gasteiger partial charge in [0, 0.05) is 5.41 Å². The lowest BCUT2D eigenvalue weighted by atomic mass is 9.74. The predicted octanol–water partition coefficient (Wildman–Crippen LogP) is 2.88. The van der Waals surface area contributed by atoms with Crippen molar-refractivity contribution in [2.24, 2.45) is 0 Å². The van der Waals surface area contributed by atoms with Crippen LogP contribution in [0.4, 0.5) is 0 Å². The van der Waals surface area contributed by atoms with E-state index in [1.165, 1.54) is 24.3 Å². The smallest absolute Gasteiger partial charge is 0.304 e. The summed E-state index contributed by atoms with van der Waals surface area (Å²) in [5.74, 6) is -0.636. The number of carboxylic acids is 1. The lowest BCUT2D eigenvalue weighted by Gasteiger charge is -2.29. The van der Waals surface area contributed by atoms with E-state index in [-0.39, 0.29) is 17.9 Å². The summed E-state index contributed by atoms with van der Waals surface area (Å²) < 4.78 is 0. The molecule has 0 heterocycles. The Hall–Kier alpha value is -2.49. The second kappa shape index (κ2) is 5.25. The summed E-state index contributed by atoms with van der Waals surface area (Å²) in [6.07, 6.45) is -0.0808. The van der Waals surface area contributed by atoms with Crippen molar-refractivity contribution in [1.29, 1.82) is 0 Å². The minimum absolute atomic E-state index is 0.0808. The Labute approximate surface area is 116 Å². The van der Waals surface area contributed by atoms with Crippen molar-refractivity contribution in [3.8, 4) is 11.5 Å². The molecule has 0 aliphatic rings.